The standard InChI is InChI=1S/C13H17ClN2O/c1-13(5-2-6-13)8-16-12(17)10-7-9(15)3-4-11(10)14/h3-4,7H,2,5-6,8,15H2,1H3,(H,16,17). The van der Waals surface area contributed by atoms with Gasteiger partial charge in [0.2, 0.25) is 0 Å². The predicted octanol–water partition coefficient (Wildman–Crippen LogP) is 2.84. The number of carbonyl (C=O) groups excluding carboxylic acids is 1. The van der Waals surface area contributed by atoms with Crippen LogP contribution < -0.4 is 11.1 Å². The number of halogens is 1. The minimum atomic E-state index is -0.143. The smallest absolute Gasteiger partial charge is 0.252 e. The molecule has 1 amide bonds. The lowest BCUT2D eigenvalue weighted by molar-refractivity contribution is 0.0891. The van der Waals surface area contributed by atoms with Crippen LogP contribution in [0.3, 0.4) is 0 Å². The summed E-state index contributed by atoms with van der Waals surface area (Å²) in [4.78, 5) is 12.0. The van der Waals surface area contributed by atoms with Gasteiger partial charge >= 0.3 is 0 Å². The van der Waals surface area contributed by atoms with E-state index >= 15 is 0 Å². The number of hydrogen-bond donors (Lipinski definition) is 2. The summed E-state index contributed by atoms with van der Waals surface area (Å²) in [6.45, 7) is 2.90. The molecule has 2 rings (SSSR count). The van der Waals surface area contributed by atoms with Gasteiger partial charge in [-0.2, -0.15) is 0 Å². The van der Waals surface area contributed by atoms with Crippen LogP contribution in [0.15, 0.2) is 18.2 Å². The van der Waals surface area contributed by atoms with Crippen molar-refractivity contribution in [2.24, 2.45) is 5.41 Å². The molecule has 0 spiro atoms. The molecule has 0 unspecified atom stereocenters. The molecule has 3 nitrogen and oxygen atoms in total. The van der Waals surface area contributed by atoms with Gasteiger partial charge in [-0.05, 0) is 36.5 Å². The van der Waals surface area contributed by atoms with E-state index in [1.807, 2.05) is 0 Å². The number of benzene rings is 1. The quantitative estimate of drug-likeness (QED) is 0.813. The highest BCUT2D eigenvalue weighted by Crippen LogP contribution is 2.39. The van der Waals surface area contributed by atoms with E-state index in [0.29, 0.717) is 22.8 Å². The van der Waals surface area contributed by atoms with Gasteiger partial charge in [-0.25, -0.2) is 0 Å². The summed E-state index contributed by atoms with van der Waals surface area (Å²) in [6.07, 6.45) is 3.61. The molecule has 1 saturated carbocycles. The van der Waals surface area contributed by atoms with Crippen molar-refractivity contribution in [3.8, 4) is 0 Å². The summed E-state index contributed by atoms with van der Waals surface area (Å²) >= 11 is 5.97. The highest BCUT2D eigenvalue weighted by atomic mass is 35.5. The zero-order valence-corrected chi connectivity index (χ0v) is 10.7. The third-order valence-electron chi connectivity index (χ3n) is 3.47. The maximum atomic E-state index is 12.0. The fourth-order valence-corrected chi connectivity index (χ4v) is 2.27. The molecule has 0 radical (unpaired) electrons. The summed E-state index contributed by atoms with van der Waals surface area (Å²) in [5, 5.41) is 3.37. The average molecular weight is 253 g/mol. The molecule has 1 aromatic rings. The first-order valence-corrected chi connectivity index (χ1v) is 6.21. The zero-order chi connectivity index (χ0) is 12.5. The van der Waals surface area contributed by atoms with E-state index in [0.717, 1.165) is 0 Å². The first-order chi connectivity index (χ1) is 8.00. The number of nitrogens with two attached hydrogens (primary N) is 1. The van der Waals surface area contributed by atoms with Crippen molar-refractivity contribution >= 4 is 23.2 Å². The number of nitrogen functional groups attached to an aromatic ring is 1. The Morgan fingerprint density at radius 3 is 2.82 bits per heavy atom. The van der Waals surface area contributed by atoms with Gasteiger partial charge in [0.05, 0.1) is 10.6 Å². The summed E-state index contributed by atoms with van der Waals surface area (Å²) in [7, 11) is 0. The van der Waals surface area contributed by atoms with Crippen molar-refractivity contribution in [2.75, 3.05) is 12.3 Å². The van der Waals surface area contributed by atoms with Crippen molar-refractivity contribution < 1.29 is 4.79 Å². The largest absolute Gasteiger partial charge is 0.399 e. The van der Waals surface area contributed by atoms with Crippen LogP contribution in [0.4, 0.5) is 5.69 Å². The maximum absolute atomic E-state index is 12.0. The lowest BCUT2D eigenvalue weighted by Gasteiger charge is -2.38. The normalized spacial score (nSPS) is 17.3. The fraction of sp³-hybridized carbons (Fsp3) is 0.462. The first-order valence-electron chi connectivity index (χ1n) is 5.83. The van der Waals surface area contributed by atoms with E-state index < -0.39 is 0 Å². The topological polar surface area (TPSA) is 55.1 Å². The molecule has 0 aliphatic heterocycles. The molecule has 1 aliphatic carbocycles. The van der Waals surface area contributed by atoms with Gasteiger partial charge < -0.3 is 11.1 Å². The van der Waals surface area contributed by atoms with Crippen LogP contribution in [0.25, 0.3) is 0 Å². The van der Waals surface area contributed by atoms with Gasteiger partial charge in [0.25, 0.3) is 5.91 Å². The van der Waals surface area contributed by atoms with Gasteiger partial charge in [-0.15, -0.1) is 0 Å². The summed E-state index contributed by atoms with van der Waals surface area (Å²) in [5.41, 5.74) is 6.92. The number of amides is 1. The van der Waals surface area contributed by atoms with Gasteiger partial charge in [0, 0.05) is 12.2 Å². The molecule has 0 heterocycles. The van der Waals surface area contributed by atoms with E-state index in [-0.39, 0.29) is 11.3 Å². The molecular weight excluding hydrogens is 236 g/mol. The summed E-state index contributed by atoms with van der Waals surface area (Å²) in [5.74, 6) is -0.143. The Morgan fingerprint density at radius 2 is 2.24 bits per heavy atom. The van der Waals surface area contributed by atoms with Crippen LogP contribution >= 0.6 is 11.6 Å². The molecule has 4 heteroatoms. The molecule has 1 aliphatic rings. The Hall–Kier alpha value is -1.22. The van der Waals surface area contributed by atoms with E-state index in [1.165, 1.54) is 19.3 Å². The molecule has 0 atom stereocenters. The lowest BCUT2D eigenvalue weighted by atomic mass is 9.70. The van der Waals surface area contributed by atoms with Gasteiger partial charge in [-0.1, -0.05) is 24.9 Å². The molecule has 17 heavy (non-hydrogen) atoms. The average Bonchev–Trinajstić information content (AvgIpc) is 2.26. The van der Waals surface area contributed by atoms with Crippen molar-refractivity contribution in [3.05, 3.63) is 28.8 Å². The number of nitrogens with one attached hydrogen (secondary N) is 1. The number of hydrogen-bond acceptors (Lipinski definition) is 2. The van der Waals surface area contributed by atoms with Gasteiger partial charge in [-0.3, -0.25) is 4.79 Å². The summed E-state index contributed by atoms with van der Waals surface area (Å²) < 4.78 is 0. The van der Waals surface area contributed by atoms with Crippen molar-refractivity contribution in [2.45, 2.75) is 26.2 Å². The second-order valence-electron chi connectivity index (χ2n) is 5.09. The molecule has 1 fully saturated rings. The highest BCUT2D eigenvalue weighted by Gasteiger charge is 2.32. The van der Waals surface area contributed by atoms with Crippen LogP contribution in [0.5, 0.6) is 0 Å². The van der Waals surface area contributed by atoms with Gasteiger partial charge in [0.15, 0.2) is 0 Å². The molecule has 1 aromatic carbocycles. The van der Waals surface area contributed by atoms with Crippen LogP contribution in [-0.2, 0) is 0 Å². The third-order valence-corrected chi connectivity index (χ3v) is 3.80. The molecule has 0 saturated heterocycles. The number of anilines is 1. The maximum Gasteiger partial charge on any atom is 0.252 e. The Bertz CT molecular complexity index is 441. The van der Waals surface area contributed by atoms with E-state index in [1.54, 1.807) is 18.2 Å². The van der Waals surface area contributed by atoms with Crippen LogP contribution in [-0.4, -0.2) is 12.5 Å². The van der Waals surface area contributed by atoms with Gasteiger partial charge in [0.1, 0.15) is 0 Å². The highest BCUT2D eigenvalue weighted by molar-refractivity contribution is 6.34. The van der Waals surface area contributed by atoms with E-state index in [9.17, 15) is 4.79 Å². The molecule has 3 N–H and O–H groups in total. The Balaban J connectivity index is 2.01. The minimum absolute atomic E-state index is 0.143. The Morgan fingerprint density at radius 1 is 1.53 bits per heavy atom. The minimum Gasteiger partial charge on any atom is -0.399 e. The van der Waals surface area contributed by atoms with Crippen LogP contribution in [0.1, 0.15) is 36.5 Å². The zero-order valence-electron chi connectivity index (χ0n) is 9.92. The van der Waals surface area contributed by atoms with Crippen LogP contribution in [0.2, 0.25) is 5.02 Å². The first kappa shape index (κ1) is 12.2. The Labute approximate surface area is 106 Å². The SMILES string of the molecule is CC1(CNC(=O)c2cc(N)ccc2Cl)CCC1. The molecule has 92 valence electrons. The van der Waals surface area contributed by atoms with Crippen molar-refractivity contribution in [3.63, 3.8) is 0 Å². The molecule has 0 aromatic heterocycles. The van der Waals surface area contributed by atoms with E-state index in [4.69, 9.17) is 17.3 Å². The molecular formula is C13H17ClN2O. The molecule has 0 bridgehead atoms. The lowest BCUT2D eigenvalue weighted by Crippen LogP contribution is -2.40. The number of rotatable bonds is 3. The van der Waals surface area contributed by atoms with E-state index in [2.05, 4.69) is 12.2 Å². The Kier molecular flexibility index (Phi) is 3.29. The predicted molar refractivity (Wildman–Crippen MR) is 70.2 cm³/mol. The fourth-order valence-electron chi connectivity index (χ4n) is 2.06. The second-order valence-corrected chi connectivity index (χ2v) is 5.49. The second kappa shape index (κ2) is 4.57. The monoisotopic (exact) mass is 252 g/mol. The number of carbonyl (C=O) groups is 1. The van der Waals surface area contributed by atoms with Crippen molar-refractivity contribution in [1.29, 1.82) is 0 Å². The van der Waals surface area contributed by atoms with Crippen molar-refractivity contribution in [1.82, 2.24) is 5.32 Å². The van der Waals surface area contributed by atoms with Crippen LogP contribution in [0, 0.1) is 5.41 Å². The summed E-state index contributed by atoms with van der Waals surface area (Å²) in [6, 6.07) is 4.95. The third kappa shape index (κ3) is 2.72.